The molecule has 5 aliphatic rings. The lowest BCUT2D eigenvalue weighted by Gasteiger charge is -2.41. The average molecular weight is 663 g/mol. The number of nitrogens with zero attached hydrogens (tertiary/aromatic N) is 6. The standard InChI is InChI=1S/C37H51ClN6O3/c1-4-35(45)40-17-12-27(13-18-40)37(47)43(30-9-6-24(2)32(38)22-30)16-5-15-42-28-10-11-29(42)21-31(20-28)44-25(3)39-33-23-41(19-14-34(33)44)36(46)26-7-8-26/h6,9,22,26-29,31H,4-5,7-8,10-21,23H2,1-3H3/t28-,29+,31?. The fraction of sp³-hybridized carbons (Fsp3) is 0.676. The van der Waals surface area contributed by atoms with E-state index in [2.05, 4.69) is 16.4 Å². The third kappa shape index (κ3) is 6.59. The van der Waals surface area contributed by atoms with Gasteiger partial charge in [-0.3, -0.25) is 19.3 Å². The van der Waals surface area contributed by atoms with E-state index in [4.69, 9.17) is 16.6 Å². The van der Waals surface area contributed by atoms with Gasteiger partial charge in [-0.1, -0.05) is 24.6 Å². The second-order valence-electron chi connectivity index (χ2n) is 14.7. The second-order valence-corrected chi connectivity index (χ2v) is 15.1. The Morgan fingerprint density at radius 3 is 2.30 bits per heavy atom. The average Bonchev–Trinajstić information content (AvgIpc) is 3.84. The molecular weight excluding hydrogens is 612 g/mol. The maximum atomic E-state index is 14.0. The Morgan fingerprint density at radius 2 is 1.64 bits per heavy atom. The number of halogens is 1. The fourth-order valence-corrected chi connectivity index (χ4v) is 9.14. The lowest BCUT2D eigenvalue weighted by atomic mass is 9.94. The number of anilines is 1. The fourth-order valence-electron chi connectivity index (χ4n) is 8.97. The normalized spacial score (nSPS) is 24.8. The molecule has 3 saturated heterocycles. The molecule has 4 fully saturated rings. The van der Waals surface area contributed by atoms with Crippen LogP contribution in [0.1, 0.15) is 99.9 Å². The van der Waals surface area contributed by atoms with Gasteiger partial charge in [0.1, 0.15) is 5.82 Å². The van der Waals surface area contributed by atoms with Crippen LogP contribution < -0.4 is 4.90 Å². The van der Waals surface area contributed by atoms with E-state index in [9.17, 15) is 14.4 Å². The summed E-state index contributed by atoms with van der Waals surface area (Å²) in [5.41, 5.74) is 4.35. The molecule has 2 aromatic rings. The van der Waals surface area contributed by atoms with Crippen molar-refractivity contribution in [3.05, 3.63) is 46.0 Å². The van der Waals surface area contributed by atoms with E-state index in [1.54, 1.807) is 0 Å². The van der Waals surface area contributed by atoms with Crippen LogP contribution in [0.3, 0.4) is 0 Å². The molecule has 2 bridgehead atoms. The highest BCUT2D eigenvalue weighted by atomic mass is 35.5. The van der Waals surface area contributed by atoms with Crippen molar-refractivity contribution in [2.45, 2.75) is 116 Å². The number of carbonyl (C=O) groups is 3. The van der Waals surface area contributed by atoms with Gasteiger partial charge >= 0.3 is 0 Å². The van der Waals surface area contributed by atoms with Crippen LogP contribution >= 0.6 is 11.6 Å². The highest BCUT2D eigenvalue weighted by Gasteiger charge is 2.43. The van der Waals surface area contributed by atoms with Crippen molar-refractivity contribution in [2.75, 3.05) is 37.6 Å². The number of rotatable bonds is 9. The molecule has 1 aromatic carbocycles. The summed E-state index contributed by atoms with van der Waals surface area (Å²) in [6.45, 7) is 10.5. The van der Waals surface area contributed by atoms with E-state index in [-0.39, 0.29) is 23.7 Å². The first-order chi connectivity index (χ1) is 22.7. The minimum atomic E-state index is -0.0776. The third-order valence-electron chi connectivity index (χ3n) is 11.7. The number of carbonyl (C=O) groups excluding carboxylic acids is 3. The predicted molar refractivity (Wildman–Crippen MR) is 183 cm³/mol. The molecule has 4 aliphatic heterocycles. The summed E-state index contributed by atoms with van der Waals surface area (Å²) in [5.74, 6) is 1.94. The van der Waals surface area contributed by atoms with E-state index >= 15 is 0 Å². The Morgan fingerprint density at radius 1 is 0.915 bits per heavy atom. The zero-order valence-electron chi connectivity index (χ0n) is 28.4. The van der Waals surface area contributed by atoms with E-state index in [1.165, 1.54) is 18.5 Å². The molecule has 3 amide bonds. The van der Waals surface area contributed by atoms with Gasteiger partial charge in [0.2, 0.25) is 17.7 Å². The Hall–Kier alpha value is -2.91. The number of imidazole rings is 1. The quantitative estimate of drug-likeness (QED) is 0.345. The zero-order valence-corrected chi connectivity index (χ0v) is 29.2. The van der Waals surface area contributed by atoms with Gasteiger partial charge < -0.3 is 19.3 Å². The summed E-state index contributed by atoms with van der Waals surface area (Å²) in [5, 5.41) is 0.683. The van der Waals surface area contributed by atoms with Crippen LogP contribution in [0.4, 0.5) is 5.69 Å². The largest absolute Gasteiger partial charge is 0.343 e. The molecule has 1 aliphatic carbocycles. The first-order valence-corrected chi connectivity index (χ1v) is 18.6. The first-order valence-electron chi connectivity index (χ1n) is 18.2. The molecular formula is C37H51ClN6O3. The van der Waals surface area contributed by atoms with Crippen LogP contribution in [0.25, 0.3) is 0 Å². The molecule has 1 saturated carbocycles. The highest BCUT2D eigenvalue weighted by molar-refractivity contribution is 6.31. The molecule has 0 radical (unpaired) electrons. The maximum absolute atomic E-state index is 14.0. The van der Waals surface area contributed by atoms with Gasteiger partial charge in [0.25, 0.3) is 0 Å². The van der Waals surface area contributed by atoms with Gasteiger partial charge in [0, 0.05) is 91.9 Å². The Labute approximate surface area is 284 Å². The van der Waals surface area contributed by atoms with E-state index < -0.39 is 0 Å². The van der Waals surface area contributed by atoms with Crippen molar-refractivity contribution < 1.29 is 14.4 Å². The number of aryl methyl sites for hydroxylation is 2. The summed E-state index contributed by atoms with van der Waals surface area (Å²) in [6.07, 6.45) is 10.6. The van der Waals surface area contributed by atoms with E-state index in [0.29, 0.717) is 74.5 Å². The number of fused-ring (bicyclic) bond motifs is 3. The molecule has 1 unspecified atom stereocenters. The molecule has 1 aromatic heterocycles. The minimum Gasteiger partial charge on any atom is -0.343 e. The van der Waals surface area contributed by atoms with Gasteiger partial charge in [-0.15, -0.1) is 0 Å². The Kier molecular flexibility index (Phi) is 9.40. The monoisotopic (exact) mass is 662 g/mol. The Bertz CT molecular complexity index is 1500. The van der Waals surface area contributed by atoms with Crippen molar-refractivity contribution >= 4 is 35.0 Å². The molecule has 9 nitrogen and oxygen atoms in total. The molecule has 3 atom stereocenters. The van der Waals surface area contributed by atoms with Gasteiger partial charge in [-0.2, -0.15) is 0 Å². The number of aromatic nitrogens is 2. The first kappa shape index (κ1) is 32.6. The van der Waals surface area contributed by atoms with Crippen molar-refractivity contribution in [3.8, 4) is 0 Å². The van der Waals surface area contributed by atoms with Gasteiger partial charge in [0.05, 0.1) is 12.2 Å². The second kappa shape index (κ2) is 13.5. The number of piperidine rings is 2. The molecule has 47 heavy (non-hydrogen) atoms. The lowest BCUT2D eigenvalue weighted by molar-refractivity contribution is -0.134. The van der Waals surface area contributed by atoms with Crippen LogP contribution in [-0.2, 0) is 27.3 Å². The zero-order chi connectivity index (χ0) is 32.8. The van der Waals surface area contributed by atoms with Crippen LogP contribution in [-0.4, -0.2) is 86.8 Å². The Balaban J connectivity index is 0.990. The predicted octanol–water partition coefficient (Wildman–Crippen LogP) is 5.69. The van der Waals surface area contributed by atoms with Crippen molar-refractivity contribution in [1.29, 1.82) is 0 Å². The summed E-state index contributed by atoms with van der Waals surface area (Å²) < 4.78 is 2.54. The van der Waals surface area contributed by atoms with Crippen LogP contribution in [0, 0.1) is 25.7 Å². The third-order valence-corrected chi connectivity index (χ3v) is 12.1. The molecule has 10 heteroatoms. The van der Waals surface area contributed by atoms with Crippen LogP contribution in [0.2, 0.25) is 5.02 Å². The van der Waals surface area contributed by atoms with Crippen LogP contribution in [0.15, 0.2) is 18.2 Å². The maximum Gasteiger partial charge on any atom is 0.230 e. The number of likely N-dealkylation sites (tertiary alicyclic amines) is 1. The van der Waals surface area contributed by atoms with Gasteiger partial charge in [-0.05, 0) is 89.3 Å². The number of hydrogen-bond donors (Lipinski definition) is 0. The summed E-state index contributed by atoms with van der Waals surface area (Å²) in [4.78, 5) is 52.6. The number of amides is 3. The summed E-state index contributed by atoms with van der Waals surface area (Å²) in [6, 6.07) is 7.53. The highest BCUT2D eigenvalue weighted by Crippen LogP contribution is 2.43. The lowest BCUT2D eigenvalue weighted by Crippen LogP contribution is -2.47. The van der Waals surface area contributed by atoms with E-state index in [0.717, 1.165) is 74.4 Å². The topological polar surface area (TPSA) is 82.0 Å². The summed E-state index contributed by atoms with van der Waals surface area (Å²) >= 11 is 6.55. The number of benzene rings is 1. The number of hydrogen-bond acceptors (Lipinski definition) is 5. The van der Waals surface area contributed by atoms with Crippen molar-refractivity contribution in [3.63, 3.8) is 0 Å². The van der Waals surface area contributed by atoms with Gasteiger partial charge in [0.15, 0.2) is 0 Å². The summed E-state index contributed by atoms with van der Waals surface area (Å²) in [7, 11) is 0. The molecule has 254 valence electrons. The van der Waals surface area contributed by atoms with Crippen molar-refractivity contribution in [2.24, 2.45) is 11.8 Å². The van der Waals surface area contributed by atoms with Crippen LogP contribution in [0.5, 0.6) is 0 Å². The van der Waals surface area contributed by atoms with Gasteiger partial charge in [-0.25, -0.2) is 4.98 Å². The molecule has 7 rings (SSSR count). The van der Waals surface area contributed by atoms with Crippen molar-refractivity contribution in [1.82, 2.24) is 24.3 Å². The SMILES string of the molecule is CCC(=O)N1CCC(C(=O)N(CCCN2[C@@H]3CC[C@H]2CC(n2c(C)nc4c2CCN(C(=O)C2CC2)C4)C3)c2ccc(C)c(Cl)c2)CC1. The van der Waals surface area contributed by atoms with E-state index in [1.807, 2.05) is 46.7 Å². The molecule has 5 heterocycles. The molecule has 0 spiro atoms. The smallest absolute Gasteiger partial charge is 0.230 e. The molecule has 0 N–H and O–H groups in total. The minimum absolute atomic E-state index is 0.0776.